The number of benzene rings is 1. The van der Waals surface area contributed by atoms with E-state index in [-0.39, 0.29) is 0 Å². The van der Waals surface area contributed by atoms with E-state index in [1.54, 1.807) is 0 Å². The van der Waals surface area contributed by atoms with Crippen molar-refractivity contribution in [3.8, 4) is 0 Å². The van der Waals surface area contributed by atoms with E-state index in [0.717, 1.165) is 12.5 Å². The second-order valence-electron chi connectivity index (χ2n) is 5.63. The van der Waals surface area contributed by atoms with Crippen LogP contribution in [0.1, 0.15) is 49.3 Å². The van der Waals surface area contributed by atoms with Crippen LogP contribution in [0.3, 0.4) is 0 Å². The van der Waals surface area contributed by atoms with Crippen molar-refractivity contribution in [2.24, 2.45) is 5.92 Å². The van der Waals surface area contributed by atoms with Crippen LogP contribution in [0.5, 0.6) is 0 Å². The zero-order chi connectivity index (χ0) is 12.3. The summed E-state index contributed by atoms with van der Waals surface area (Å²) in [5.41, 5.74) is 4.20. The number of aryl methyl sites for hydroxylation is 2. The van der Waals surface area contributed by atoms with E-state index in [0.29, 0.717) is 6.04 Å². The highest BCUT2D eigenvalue weighted by atomic mass is 14.9. The molecule has 0 bridgehead atoms. The molecule has 0 radical (unpaired) electrons. The number of nitrogens with one attached hydrogen (secondary N) is 1. The molecule has 1 aromatic carbocycles. The molecule has 1 aromatic rings. The molecule has 0 heterocycles. The van der Waals surface area contributed by atoms with E-state index in [4.69, 9.17) is 0 Å². The molecule has 1 aliphatic rings. The van der Waals surface area contributed by atoms with Gasteiger partial charge in [0.1, 0.15) is 0 Å². The SMILES string of the molecule is Cc1ccc(CN[C@@H](C)C2CCCC2)cc1C. The normalized spacial score (nSPS) is 18.5. The van der Waals surface area contributed by atoms with Crippen LogP contribution in [0, 0.1) is 19.8 Å². The van der Waals surface area contributed by atoms with Gasteiger partial charge in [-0.3, -0.25) is 0 Å². The third-order valence-electron chi connectivity index (χ3n) is 4.31. The van der Waals surface area contributed by atoms with Gasteiger partial charge in [0.2, 0.25) is 0 Å². The van der Waals surface area contributed by atoms with Crippen LogP contribution in [0.15, 0.2) is 18.2 Å². The summed E-state index contributed by atoms with van der Waals surface area (Å²) < 4.78 is 0. The fourth-order valence-corrected chi connectivity index (χ4v) is 2.82. The second-order valence-corrected chi connectivity index (χ2v) is 5.63. The highest BCUT2D eigenvalue weighted by Crippen LogP contribution is 2.27. The average Bonchev–Trinajstić information content (AvgIpc) is 2.84. The highest BCUT2D eigenvalue weighted by Gasteiger charge is 2.20. The molecule has 1 atom stereocenters. The van der Waals surface area contributed by atoms with Gasteiger partial charge in [-0.1, -0.05) is 31.0 Å². The Balaban J connectivity index is 1.86. The average molecular weight is 231 g/mol. The van der Waals surface area contributed by atoms with E-state index >= 15 is 0 Å². The van der Waals surface area contributed by atoms with E-state index in [2.05, 4.69) is 44.3 Å². The first kappa shape index (κ1) is 12.6. The van der Waals surface area contributed by atoms with Gasteiger partial charge in [0.05, 0.1) is 0 Å². The molecule has 1 N–H and O–H groups in total. The Morgan fingerprint density at radius 1 is 1.18 bits per heavy atom. The van der Waals surface area contributed by atoms with Gasteiger partial charge < -0.3 is 5.32 Å². The third-order valence-corrected chi connectivity index (χ3v) is 4.31. The molecule has 1 heteroatoms. The molecule has 0 amide bonds. The molecule has 1 nitrogen and oxygen atoms in total. The smallest absolute Gasteiger partial charge is 0.0208 e. The summed E-state index contributed by atoms with van der Waals surface area (Å²) in [6.45, 7) is 7.72. The lowest BCUT2D eigenvalue weighted by Crippen LogP contribution is -2.31. The van der Waals surface area contributed by atoms with Crippen LogP contribution in [-0.2, 0) is 6.54 Å². The van der Waals surface area contributed by atoms with Crippen LogP contribution in [0.2, 0.25) is 0 Å². The van der Waals surface area contributed by atoms with Gasteiger partial charge in [0.25, 0.3) is 0 Å². The quantitative estimate of drug-likeness (QED) is 0.826. The molecule has 0 saturated heterocycles. The van der Waals surface area contributed by atoms with E-state index in [1.165, 1.54) is 42.4 Å². The van der Waals surface area contributed by atoms with Gasteiger partial charge in [0, 0.05) is 12.6 Å². The Labute approximate surface area is 106 Å². The Hall–Kier alpha value is -0.820. The van der Waals surface area contributed by atoms with Crippen molar-refractivity contribution in [3.63, 3.8) is 0 Å². The van der Waals surface area contributed by atoms with Crippen molar-refractivity contribution in [2.45, 2.75) is 59.0 Å². The molecule has 2 rings (SSSR count). The lowest BCUT2D eigenvalue weighted by atomic mass is 9.99. The maximum Gasteiger partial charge on any atom is 0.0208 e. The van der Waals surface area contributed by atoms with E-state index in [9.17, 15) is 0 Å². The standard InChI is InChI=1S/C16H25N/c1-12-8-9-15(10-13(12)2)11-17-14(3)16-6-4-5-7-16/h8-10,14,16-17H,4-7,11H2,1-3H3/t14-/m0/s1. The van der Waals surface area contributed by atoms with Crippen LogP contribution in [-0.4, -0.2) is 6.04 Å². The molecule has 0 aromatic heterocycles. The number of hydrogen-bond acceptors (Lipinski definition) is 1. The minimum Gasteiger partial charge on any atom is -0.310 e. The summed E-state index contributed by atoms with van der Waals surface area (Å²) in [6, 6.07) is 7.45. The first-order valence-electron chi connectivity index (χ1n) is 6.96. The maximum atomic E-state index is 3.69. The molecular formula is C16H25N. The Morgan fingerprint density at radius 3 is 2.53 bits per heavy atom. The lowest BCUT2D eigenvalue weighted by Gasteiger charge is -2.20. The van der Waals surface area contributed by atoms with Crippen molar-refractivity contribution in [2.75, 3.05) is 0 Å². The van der Waals surface area contributed by atoms with E-state index < -0.39 is 0 Å². The molecule has 1 fully saturated rings. The summed E-state index contributed by atoms with van der Waals surface area (Å²) in [7, 11) is 0. The van der Waals surface area contributed by atoms with Crippen LogP contribution in [0.25, 0.3) is 0 Å². The summed E-state index contributed by atoms with van der Waals surface area (Å²) in [4.78, 5) is 0. The van der Waals surface area contributed by atoms with Gasteiger partial charge in [-0.05, 0) is 56.2 Å². The topological polar surface area (TPSA) is 12.0 Å². The molecule has 0 aliphatic heterocycles. The van der Waals surface area contributed by atoms with Crippen LogP contribution in [0.4, 0.5) is 0 Å². The van der Waals surface area contributed by atoms with E-state index in [1.807, 2.05) is 0 Å². The Bertz CT molecular complexity index is 364. The van der Waals surface area contributed by atoms with Crippen molar-refractivity contribution >= 4 is 0 Å². The van der Waals surface area contributed by atoms with Crippen molar-refractivity contribution < 1.29 is 0 Å². The fourth-order valence-electron chi connectivity index (χ4n) is 2.82. The molecule has 94 valence electrons. The van der Waals surface area contributed by atoms with Gasteiger partial charge >= 0.3 is 0 Å². The summed E-state index contributed by atoms with van der Waals surface area (Å²) >= 11 is 0. The minimum absolute atomic E-state index is 0.666. The maximum absolute atomic E-state index is 3.69. The first-order chi connectivity index (χ1) is 8.16. The number of rotatable bonds is 4. The zero-order valence-electron chi connectivity index (χ0n) is 11.4. The first-order valence-corrected chi connectivity index (χ1v) is 6.96. The molecule has 0 spiro atoms. The Morgan fingerprint density at radius 2 is 1.88 bits per heavy atom. The molecule has 1 saturated carbocycles. The molecule has 17 heavy (non-hydrogen) atoms. The second kappa shape index (κ2) is 5.68. The Kier molecular flexibility index (Phi) is 4.22. The molecule has 1 aliphatic carbocycles. The van der Waals surface area contributed by atoms with Gasteiger partial charge in [-0.15, -0.1) is 0 Å². The van der Waals surface area contributed by atoms with Crippen molar-refractivity contribution in [3.05, 3.63) is 34.9 Å². The number of hydrogen-bond donors (Lipinski definition) is 1. The van der Waals surface area contributed by atoms with Gasteiger partial charge in [0.15, 0.2) is 0 Å². The van der Waals surface area contributed by atoms with Gasteiger partial charge in [-0.25, -0.2) is 0 Å². The molecular weight excluding hydrogens is 206 g/mol. The zero-order valence-corrected chi connectivity index (χ0v) is 11.4. The molecule has 0 unspecified atom stereocenters. The summed E-state index contributed by atoms with van der Waals surface area (Å²) in [5.74, 6) is 0.904. The largest absolute Gasteiger partial charge is 0.310 e. The predicted molar refractivity (Wildman–Crippen MR) is 74.2 cm³/mol. The van der Waals surface area contributed by atoms with Crippen LogP contribution < -0.4 is 5.32 Å². The van der Waals surface area contributed by atoms with Crippen LogP contribution >= 0.6 is 0 Å². The summed E-state index contributed by atoms with van der Waals surface area (Å²) in [5, 5.41) is 3.69. The third kappa shape index (κ3) is 3.32. The summed E-state index contributed by atoms with van der Waals surface area (Å²) in [6.07, 6.45) is 5.70. The predicted octanol–water partition coefficient (Wildman–Crippen LogP) is 3.97. The lowest BCUT2D eigenvalue weighted by molar-refractivity contribution is 0.380. The minimum atomic E-state index is 0.666. The van der Waals surface area contributed by atoms with Crippen molar-refractivity contribution in [1.29, 1.82) is 0 Å². The highest BCUT2D eigenvalue weighted by molar-refractivity contribution is 5.29. The van der Waals surface area contributed by atoms with Crippen molar-refractivity contribution in [1.82, 2.24) is 5.32 Å². The van der Waals surface area contributed by atoms with Gasteiger partial charge in [-0.2, -0.15) is 0 Å². The fraction of sp³-hybridized carbons (Fsp3) is 0.625. The monoisotopic (exact) mass is 231 g/mol.